The molecule has 1 amide bonds. The van der Waals surface area contributed by atoms with Crippen LogP contribution < -0.4 is 14.5 Å². The predicted molar refractivity (Wildman–Crippen MR) is 139 cm³/mol. The summed E-state index contributed by atoms with van der Waals surface area (Å²) < 4.78 is 5.56. The zero-order valence-electron chi connectivity index (χ0n) is 20.5. The number of anilines is 2. The molecule has 8 nitrogen and oxygen atoms in total. The molecule has 2 N–H and O–H groups in total. The molecular weight excluding hydrogens is 472 g/mol. The van der Waals surface area contributed by atoms with Gasteiger partial charge in [0.2, 0.25) is 0 Å². The number of aliphatic carboxylic acids is 1. The third kappa shape index (κ3) is 4.42. The molecule has 0 radical (unpaired) electrons. The number of Topliss-reactive ketones (excluding diaryl/α,β-unsaturated/α-hetero) is 1. The smallest absolute Gasteiger partial charge is 0.307 e. The van der Waals surface area contributed by atoms with Crippen LogP contribution in [0.2, 0.25) is 0 Å². The molecule has 1 fully saturated rings. The Morgan fingerprint density at radius 3 is 2.35 bits per heavy atom. The first kappa shape index (κ1) is 24.1. The molecule has 1 atom stereocenters. The predicted octanol–water partition coefficient (Wildman–Crippen LogP) is 3.94. The van der Waals surface area contributed by atoms with Crippen molar-refractivity contribution in [1.82, 2.24) is 0 Å². The van der Waals surface area contributed by atoms with Crippen LogP contribution in [-0.2, 0) is 27.2 Å². The van der Waals surface area contributed by atoms with E-state index in [1.54, 1.807) is 42.5 Å². The molecule has 5 rings (SSSR count). The Balaban J connectivity index is 1.64. The van der Waals surface area contributed by atoms with Crippen LogP contribution in [0.15, 0.2) is 72.3 Å². The van der Waals surface area contributed by atoms with Gasteiger partial charge in [-0.05, 0) is 59.2 Å². The second kappa shape index (κ2) is 9.46. The molecule has 3 aromatic rings. The van der Waals surface area contributed by atoms with E-state index in [1.165, 1.54) is 4.90 Å². The van der Waals surface area contributed by atoms with Crippen molar-refractivity contribution >= 4 is 34.8 Å². The van der Waals surface area contributed by atoms with Gasteiger partial charge >= 0.3 is 5.97 Å². The number of benzene rings is 3. The molecule has 1 unspecified atom stereocenters. The molecule has 0 aliphatic carbocycles. The zero-order chi connectivity index (χ0) is 26.3. The maximum atomic E-state index is 13.4. The quantitative estimate of drug-likeness (QED) is 0.301. The van der Waals surface area contributed by atoms with Gasteiger partial charge in [0, 0.05) is 37.5 Å². The van der Waals surface area contributed by atoms with Crippen molar-refractivity contribution in [2.24, 2.45) is 0 Å². The summed E-state index contributed by atoms with van der Waals surface area (Å²) in [5.74, 6) is -2.02. The Kier molecular flexibility index (Phi) is 6.17. The highest BCUT2D eigenvalue weighted by Gasteiger charge is 2.47. The van der Waals surface area contributed by atoms with Crippen LogP contribution in [0.25, 0.3) is 5.76 Å². The fourth-order valence-corrected chi connectivity index (χ4v) is 4.81. The lowest BCUT2D eigenvalue weighted by Gasteiger charge is -2.26. The van der Waals surface area contributed by atoms with Gasteiger partial charge in [0.15, 0.2) is 0 Å². The monoisotopic (exact) mass is 498 g/mol. The Bertz CT molecular complexity index is 1420. The number of aliphatic hydroxyl groups excluding tert-OH is 1. The number of aliphatic hydroxyl groups is 1. The number of carboxylic acid groups (broad SMARTS) is 1. The van der Waals surface area contributed by atoms with Crippen molar-refractivity contribution in [2.75, 3.05) is 30.5 Å². The minimum absolute atomic E-state index is 0.00363. The molecule has 3 aromatic carbocycles. The highest BCUT2D eigenvalue weighted by Crippen LogP contribution is 2.43. The van der Waals surface area contributed by atoms with Crippen LogP contribution in [0, 0.1) is 0 Å². The number of carbonyl (C=O) groups is 3. The number of amides is 1. The maximum Gasteiger partial charge on any atom is 0.307 e. The van der Waals surface area contributed by atoms with Crippen LogP contribution in [0.1, 0.15) is 28.3 Å². The summed E-state index contributed by atoms with van der Waals surface area (Å²) in [6.07, 6.45) is 0.541. The van der Waals surface area contributed by atoms with Gasteiger partial charge < -0.3 is 19.8 Å². The van der Waals surface area contributed by atoms with Gasteiger partial charge in [-0.15, -0.1) is 0 Å². The first-order valence-corrected chi connectivity index (χ1v) is 11.9. The molecule has 1 saturated heterocycles. The number of hydrogen-bond acceptors (Lipinski definition) is 6. The number of ketones is 1. The summed E-state index contributed by atoms with van der Waals surface area (Å²) in [6.45, 7) is 0.556. The largest absolute Gasteiger partial charge is 0.507 e. The number of rotatable bonds is 6. The van der Waals surface area contributed by atoms with Crippen molar-refractivity contribution in [3.63, 3.8) is 0 Å². The van der Waals surface area contributed by atoms with E-state index < -0.39 is 23.7 Å². The third-order valence-electron chi connectivity index (χ3n) is 6.70. The number of carboxylic acids is 1. The molecule has 0 saturated carbocycles. The van der Waals surface area contributed by atoms with Gasteiger partial charge in [0.05, 0.1) is 24.6 Å². The first-order valence-electron chi connectivity index (χ1n) is 11.9. The summed E-state index contributed by atoms with van der Waals surface area (Å²) in [7, 11) is 3.83. The summed E-state index contributed by atoms with van der Waals surface area (Å²) in [4.78, 5) is 41.1. The van der Waals surface area contributed by atoms with Crippen LogP contribution in [-0.4, -0.2) is 48.6 Å². The summed E-state index contributed by atoms with van der Waals surface area (Å²) in [6, 6.07) is 18.3. The second-order valence-corrected chi connectivity index (χ2v) is 9.31. The number of fused-ring (bicyclic) bond motifs is 1. The van der Waals surface area contributed by atoms with E-state index in [-0.39, 0.29) is 17.8 Å². The van der Waals surface area contributed by atoms with Crippen LogP contribution in [0.3, 0.4) is 0 Å². The van der Waals surface area contributed by atoms with Gasteiger partial charge in [-0.2, -0.15) is 0 Å². The number of nitrogens with zero attached hydrogens (tertiary/aromatic N) is 2. The van der Waals surface area contributed by atoms with Gasteiger partial charge in [-0.25, -0.2) is 0 Å². The minimum atomic E-state index is -0.964. The normalized spacial score (nSPS) is 18.0. The van der Waals surface area contributed by atoms with Gasteiger partial charge in [0.1, 0.15) is 11.5 Å². The van der Waals surface area contributed by atoms with E-state index in [1.807, 2.05) is 43.3 Å². The van der Waals surface area contributed by atoms with Crippen LogP contribution in [0.5, 0.6) is 5.75 Å². The van der Waals surface area contributed by atoms with Crippen molar-refractivity contribution in [1.29, 1.82) is 0 Å². The van der Waals surface area contributed by atoms with Gasteiger partial charge in [-0.3, -0.25) is 19.3 Å². The van der Waals surface area contributed by atoms with E-state index in [0.717, 1.165) is 17.0 Å². The molecule has 188 valence electrons. The first-order chi connectivity index (χ1) is 17.7. The van der Waals surface area contributed by atoms with E-state index in [4.69, 9.17) is 9.84 Å². The lowest BCUT2D eigenvalue weighted by atomic mass is 9.94. The minimum Gasteiger partial charge on any atom is -0.507 e. The second-order valence-electron chi connectivity index (χ2n) is 9.31. The van der Waals surface area contributed by atoms with Crippen LogP contribution >= 0.6 is 0 Å². The third-order valence-corrected chi connectivity index (χ3v) is 6.70. The molecule has 0 spiro atoms. The number of ether oxygens (including phenoxy) is 1. The molecule has 8 heteroatoms. The Labute approximate surface area is 214 Å². The molecule has 0 aromatic heterocycles. The topological polar surface area (TPSA) is 107 Å². The molecule has 37 heavy (non-hydrogen) atoms. The standard InChI is InChI=1S/C29H26N2O6/c1-30(2)21-10-5-18(6-11-21)26-25(27(34)20-7-12-23-19(16-20)13-14-37-23)28(35)29(36)31(26)22-8-3-17(4-9-22)15-24(32)33/h3-12,16,26,34H,13-15H2,1-2H3,(H,32,33)/b27-25-. The summed E-state index contributed by atoms with van der Waals surface area (Å²) in [5, 5.41) is 20.5. The fourth-order valence-electron chi connectivity index (χ4n) is 4.81. The highest BCUT2D eigenvalue weighted by atomic mass is 16.5. The Morgan fingerprint density at radius 1 is 1.00 bits per heavy atom. The maximum absolute atomic E-state index is 13.4. The molecule has 2 aliphatic heterocycles. The van der Waals surface area contributed by atoms with Crippen molar-refractivity contribution < 1.29 is 29.3 Å². The molecular formula is C29H26N2O6. The molecule has 0 bridgehead atoms. The SMILES string of the molecule is CN(C)c1ccc(C2/C(=C(/O)c3ccc4c(c3)CCO4)C(=O)C(=O)N2c2ccc(CC(=O)O)cc2)cc1. The van der Waals surface area contributed by atoms with Gasteiger partial charge in [-0.1, -0.05) is 24.3 Å². The molecule has 2 heterocycles. The summed E-state index contributed by atoms with van der Waals surface area (Å²) in [5.41, 5.74) is 3.96. The average Bonchev–Trinajstić information content (AvgIpc) is 3.46. The highest BCUT2D eigenvalue weighted by molar-refractivity contribution is 6.51. The van der Waals surface area contributed by atoms with E-state index in [0.29, 0.717) is 35.4 Å². The van der Waals surface area contributed by atoms with E-state index in [2.05, 4.69) is 0 Å². The summed E-state index contributed by atoms with van der Waals surface area (Å²) >= 11 is 0. The number of hydrogen-bond donors (Lipinski definition) is 2. The zero-order valence-corrected chi connectivity index (χ0v) is 20.5. The Hall–Kier alpha value is -4.59. The fraction of sp³-hybridized carbons (Fsp3) is 0.207. The lowest BCUT2D eigenvalue weighted by Crippen LogP contribution is -2.29. The molecule has 2 aliphatic rings. The average molecular weight is 499 g/mol. The van der Waals surface area contributed by atoms with Crippen molar-refractivity contribution in [3.8, 4) is 5.75 Å². The van der Waals surface area contributed by atoms with Crippen molar-refractivity contribution in [2.45, 2.75) is 18.9 Å². The Morgan fingerprint density at radius 2 is 1.70 bits per heavy atom. The van der Waals surface area contributed by atoms with Gasteiger partial charge in [0.25, 0.3) is 11.7 Å². The van der Waals surface area contributed by atoms with Crippen LogP contribution in [0.4, 0.5) is 11.4 Å². The van der Waals surface area contributed by atoms with Crippen molar-refractivity contribution in [3.05, 3.63) is 94.6 Å². The number of carbonyl (C=O) groups excluding carboxylic acids is 2. The van der Waals surface area contributed by atoms with E-state index in [9.17, 15) is 19.5 Å². The lowest BCUT2D eigenvalue weighted by molar-refractivity contribution is -0.136. The van der Waals surface area contributed by atoms with E-state index >= 15 is 0 Å².